The maximum Gasteiger partial charge on any atom is 0.416 e. The predicted molar refractivity (Wildman–Crippen MR) is 79.3 cm³/mol. The number of carboxylic acid groups (broad SMARTS) is 1. The molecule has 1 aromatic rings. The number of hydrogen-bond donors (Lipinski definition) is 1. The van der Waals surface area contributed by atoms with Gasteiger partial charge in [0.15, 0.2) is 0 Å². The van der Waals surface area contributed by atoms with Crippen molar-refractivity contribution in [3.8, 4) is 5.75 Å². The SMILES string of the molecule is CCN(C(C)CC(=O)O)S(=O)(=O)c1cc(OC)cc(C(F)(F)F)c1. The Hall–Kier alpha value is -1.81. The molecule has 6 nitrogen and oxygen atoms in total. The molecule has 1 aromatic carbocycles. The molecular formula is C14H18F3NO5S. The van der Waals surface area contributed by atoms with Gasteiger partial charge in [0.05, 0.1) is 24.0 Å². The molecule has 0 radical (unpaired) electrons. The Morgan fingerprint density at radius 2 is 1.92 bits per heavy atom. The van der Waals surface area contributed by atoms with Crippen LogP contribution in [0.1, 0.15) is 25.8 Å². The van der Waals surface area contributed by atoms with E-state index in [-0.39, 0.29) is 12.3 Å². The number of sulfonamides is 1. The van der Waals surface area contributed by atoms with E-state index in [0.717, 1.165) is 17.5 Å². The van der Waals surface area contributed by atoms with Crippen LogP contribution in [0.15, 0.2) is 23.1 Å². The fourth-order valence-corrected chi connectivity index (χ4v) is 3.91. The Bertz CT molecular complexity index is 703. The summed E-state index contributed by atoms with van der Waals surface area (Å²) in [5, 5.41) is 8.81. The van der Waals surface area contributed by atoms with Crippen LogP contribution in [-0.4, -0.2) is 43.5 Å². The summed E-state index contributed by atoms with van der Waals surface area (Å²) in [5.74, 6) is -1.47. The van der Waals surface area contributed by atoms with Crippen molar-refractivity contribution in [1.29, 1.82) is 0 Å². The summed E-state index contributed by atoms with van der Waals surface area (Å²) in [6.07, 6.45) is -5.22. The fraction of sp³-hybridized carbons (Fsp3) is 0.500. The number of halogens is 3. The molecule has 0 aliphatic rings. The third-order valence-corrected chi connectivity index (χ3v) is 5.39. The van der Waals surface area contributed by atoms with E-state index >= 15 is 0 Å². The average molecular weight is 369 g/mol. The summed E-state index contributed by atoms with van der Waals surface area (Å²) in [6.45, 7) is 2.76. The van der Waals surface area contributed by atoms with E-state index in [0.29, 0.717) is 12.1 Å². The molecule has 1 N–H and O–H groups in total. The van der Waals surface area contributed by atoms with Gasteiger partial charge in [-0.05, 0) is 19.1 Å². The summed E-state index contributed by atoms with van der Waals surface area (Å²) in [4.78, 5) is 10.2. The molecule has 136 valence electrons. The maximum absolute atomic E-state index is 12.9. The van der Waals surface area contributed by atoms with Gasteiger partial charge in [-0.25, -0.2) is 8.42 Å². The van der Waals surface area contributed by atoms with Crippen molar-refractivity contribution in [2.24, 2.45) is 0 Å². The third kappa shape index (κ3) is 4.60. The summed E-state index contributed by atoms with van der Waals surface area (Å²) in [5.41, 5.74) is -1.16. The van der Waals surface area contributed by atoms with Gasteiger partial charge in [-0.15, -0.1) is 0 Å². The Morgan fingerprint density at radius 1 is 1.33 bits per heavy atom. The Morgan fingerprint density at radius 3 is 2.33 bits per heavy atom. The minimum atomic E-state index is -4.75. The molecule has 1 unspecified atom stereocenters. The van der Waals surface area contributed by atoms with Gasteiger partial charge in [0.1, 0.15) is 5.75 Å². The monoisotopic (exact) mass is 369 g/mol. The van der Waals surface area contributed by atoms with Gasteiger partial charge in [-0.1, -0.05) is 6.92 Å². The Labute approximate surface area is 137 Å². The van der Waals surface area contributed by atoms with E-state index in [4.69, 9.17) is 9.84 Å². The first-order valence-corrected chi connectivity index (χ1v) is 8.37. The van der Waals surface area contributed by atoms with Gasteiger partial charge in [0, 0.05) is 18.7 Å². The number of nitrogens with zero attached hydrogens (tertiary/aromatic N) is 1. The number of methoxy groups -OCH3 is 1. The highest BCUT2D eigenvalue weighted by molar-refractivity contribution is 7.89. The van der Waals surface area contributed by atoms with Crippen molar-refractivity contribution in [3.05, 3.63) is 23.8 Å². The molecule has 0 amide bonds. The molecule has 10 heteroatoms. The quantitative estimate of drug-likeness (QED) is 0.799. The highest BCUT2D eigenvalue weighted by atomic mass is 32.2. The fourth-order valence-electron chi connectivity index (χ4n) is 2.21. The highest BCUT2D eigenvalue weighted by Gasteiger charge is 2.35. The average Bonchev–Trinajstić information content (AvgIpc) is 2.45. The van der Waals surface area contributed by atoms with Crippen LogP contribution in [0.25, 0.3) is 0 Å². The van der Waals surface area contributed by atoms with E-state index < -0.39 is 45.1 Å². The zero-order valence-electron chi connectivity index (χ0n) is 13.3. The lowest BCUT2D eigenvalue weighted by Gasteiger charge is -2.26. The lowest BCUT2D eigenvalue weighted by Crippen LogP contribution is -2.39. The minimum absolute atomic E-state index is 0.0880. The molecule has 0 aliphatic heterocycles. The van der Waals surface area contributed by atoms with Gasteiger partial charge in [-0.3, -0.25) is 4.79 Å². The second-order valence-corrected chi connectivity index (χ2v) is 6.94. The molecule has 0 fully saturated rings. The van der Waals surface area contributed by atoms with Crippen LogP contribution in [0.4, 0.5) is 13.2 Å². The lowest BCUT2D eigenvalue weighted by molar-refractivity contribution is -0.138. The molecule has 0 heterocycles. The number of hydrogen-bond acceptors (Lipinski definition) is 4. The number of carbonyl (C=O) groups is 1. The van der Waals surface area contributed by atoms with Gasteiger partial charge in [-0.2, -0.15) is 17.5 Å². The van der Waals surface area contributed by atoms with Crippen LogP contribution < -0.4 is 4.74 Å². The molecule has 0 saturated heterocycles. The molecule has 0 saturated carbocycles. The van der Waals surface area contributed by atoms with Gasteiger partial charge in [0.2, 0.25) is 10.0 Å². The van der Waals surface area contributed by atoms with Crippen LogP contribution in [0, 0.1) is 0 Å². The highest BCUT2D eigenvalue weighted by Crippen LogP contribution is 2.34. The largest absolute Gasteiger partial charge is 0.497 e. The first-order valence-electron chi connectivity index (χ1n) is 6.93. The molecule has 0 aliphatic carbocycles. The molecule has 0 aromatic heterocycles. The first-order chi connectivity index (χ1) is 10.9. The van der Waals surface area contributed by atoms with E-state index in [9.17, 15) is 26.4 Å². The second kappa shape index (κ2) is 7.39. The van der Waals surface area contributed by atoms with Crippen LogP contribution in [0.2, 0.25) is 0 Å². The van der Waals surface area contributed by atoms with E-state index in [1.807, 2.05) is 0 Å². The second-order valence-electron chi connectivity index (χ2n) is 5.05. The molecule has 24 heavy (non-hydrogen) atoms. The topological polar surface area (TPSA) is 83.9 Å². The van der Waals surface area contributed by atoms with Gasteiger partial charge < -0.3 is 9.84 Å². The summed E-state index contributed by atoms with van der Waals surface area (Å²) in [6, 6.07) is 1.25. The van der Waals surface area contributed by atoms with Crippen molar-refractivity contribution in [2.45, 2.75) is 37.4 Å². The van der Waals surface area contributed by atoms with E-state index in [2.05, 4.69) is 0 Å². The first kappa shape index (κ1) is 20.2. The molecule has 1 atom stereocenters. The molecule has 1 rings (SSSR count). The van der Waals surface area contributed by atoms with Crippen molar-refractivity contribution >= 4 is 16.0 Å². The van der Waals surface area contributed by atoms with Crippen LogP contribution >= 0.6 is 0 Å². The third-order valence-electron chi connectivity index (χ3n) is 3.32. The van der Waals surface area contributed by atoms with E-state index in [1.54, 1.807) is 0 Å². The Balaban J connectivity index is 3.42. The normalized spacial score (nSPS) is 13.8. The predicted octanol–water partition coefficient (Wildman–Crippen LogP) is 2.59. The number of alkyl halides is 3. The number of carboxylic acids is 1. The van der Waals surface area contributed by atoms with Crippen molar-refractivity contribution in [3.63, 3.8) is 0 Å². The molecular weight excluding hydrogens is 351 g/mol. The molecule has 0 bridgehead atoms. The minimum Gasteiger partial charge on any atom is -0.497 e. The summed E-state index contributed by atoms with van der Waals surface area (Å²) in [7, 11) is -3.20. The number of ether oxygens (including phenoxy) is 1. The van der Waals surface area contributed by atoms with Crippen molar-refractivity contribution < 1.29 is 36.2 Å². The summed E-state index contributed by atoms with van der Waals surface area (Å²) >= 11 is 0. The number of aliphatic carboxylic acids is 1. The van der Waals surface area contributed by atoms with Crippen molar-refractivity contribution in [1.82, 2.24) is 4.31 Å². The standard InChI is InChI=1S/C14H18F3NO5S/c1-4-18(9(2)5-13(19)20)24(21,22)12-7-10(14(15,16)17)6-11(8-12)23-3/h6-9H,4-5H2,1-3H3,(H,19,20). The van der Waals surface area contributed by atoms with Crippen LogP contribution in [0.3, 0.4) is 0 Å². The maximum atomic E-state index is 12.9. The number of rotatable bonds is 7. The zero-order chi connectivity index (χ0) is 18.7. The Kier molecular flexibility index (Phi) is 6.23. The van der Waals surface area contributed by atoms with E-state index in [1.165, 1.54) is 13.8 Å². The van der Waals surface area contributed by atoms with Crippen molar-refractivity contribution in [2.75, 3.05) is 13.7 Å². The van der Waals surface area contributed by atoms with Gasteiger partial charge in [0.25, 0.3) is 0 Å². The van der Waals surface area contributed by atoms with Crippen LogP contribution in [-0.2, 0) is 21.0 Å². The lowest BCUT2D eigenvalue weighted by atomic mass is 10.2. The smallest absolute Gasteiger partial charge is 0.416 e. The van der Waals surface area contributed by atoms with Crippen LogP contribution in [0.5, 0.6) is 5.75 Å². The molecule has 0 spiro atoms. The zero-order valence-corrected chi connectivity index (χ0v) is 14.1. The van der Waals surface area contributed by atoms with Gasteiger partial charge >= 0.3 is 12.1 Å². The number of benzene rings is 1. The summed E-state index contributed by atoms with van der Waals surface area (Å²) < 4.78 is 69.7.